The Hall–Kier alpha value is -2.38. The molecule has 0 aliphatic carbocycles. The van der Waals surface area contributed by atoms with Crippen LogP contribution in [0.4, 0.5) is 4.79 Å². The Kier molecular flexibility index (Phi) is 4.44. The van der Waals surface area contributed by atoms with Crippen molar-refractivity contribution in [2.75, 3.05) is 27.2 Å². The van der Waals surface area contributed by atoms with Gasteiger partial charge in [-0.05, 0) is 6.07 Å². The Balaban J connectivity index is 1.97. The fourth-order valence-electron chi connectivity index (χ4n) is 2.25. The van der Waals surface area contributed by atoms with E-state index in [2.05, 4.69) is 31.0 Å². The molecular formula is C15H23N5O3. The Morgan fingerprint density at radius 1 is 1.39 bits per heavy atom. The van der Waals surface area contributed by atoms with Gasteiger partial charge in [-0.25, -0.2) is 4.79 Å². The summed E-state index contributed by atoms with van der Waals surface area (Å²) in [7, 11) is 3.17. The summed E-state index contributed by atoms with van der Waals surface area (Å²) in [5.41, 5.74) is 1.65. The van der Waals surface area contributed by atoms with Crippen molar-refractivity contribution in [2.24, 2.45) is 0 Å². The molecule has 4 amide bonds. The smallest absolute Gasteiger partial charge is 0.327 e. The van der Waals surface area contributed by atoms with Crippen LogP contribution >= 0.6 is 0 Å². The molecule has 1 fully saturated rings. The van der Waals surface area contributed by atoms with Crippen molar-refractivity contribution in [3.8, 4) is 0 Å². The van der Waals surface area contributed by atoms with Crippen LogP contribution in [0.5, 0.6) is 0 Å². The maximum atomic E-state index is 12.2. The molecule has 0 atom stereocenters. The Bertz CT molecular complexity index is 631. The van der Waals surface area contributed by atoms with Crippen molar-refractivity contribution in [2.45, 2.75) is 32.7 Å². The number of rotatable bonds is 4. The van der Waals surface area contributed by atoms with Crippen LogP contribution in [-0.4, -0.2) is 69.9 Å². The number of urea groups is 1. The number of hydrogen-bond donors (Lipinski definition) is 1. The second kappa shape index (κ2) is 6.02. The van der Waals surface area contributed by atoms with Gasteiger partial charge in [-0.2, -0.15) is 5.10 Å². The molecule has 0 radical (unpaired) electrons. The van der Waals surface area contributed by atoms with E-state index in [1.807, 2.05) is 6.07 Å². The standard InChI is InChI=1S/C15H23N5O3/c1-15(2,3)11-6-10(16-17-11)7-18(4)12(21)9-20-13(22)8-19(5)14(20)23/h6H,7-9H2,1-5H3,(H,16,17). The summed E-state index contributed by atoms with van der Waals surface area (Å²) >= 11 is 0. The molecule has 0 saturated carbocycles. The lowest BCUT2D eigenvalue weighted by Crippen LogP contribution is -2.41. The number of hydrogen-bond acceptors (Lipinski definition) is 4. The zero-order valence-electron chi connectivity index (χ0n) is 14.2. The number of aromatic amines is 1. The largest absolute Gasteiger partial charge is 0.338 e. The molecule has 1 aromatic heterocycles. The number of carbonyl (C=O) groups excluding carboxylic acids is 3. The maximum absolute atomic E-state index is 12.2. The number of carbonyl (C=O) groups is 3. The zero-order chi connectivity index (χ0) is 17.4. The third kappa shape index (κ3) is 3.69. The maximum Gasteiger partial charge on any atom is 0.327 e. The lowest BCUT2D eigenvalue weighted by atomic mass is 9.92. The fraction of sp³-hybridized carbons (Fsp3) is 0.600. The van der Waals surface area contributed by atoms with E-state index in [4.69, 9.17) is 0 Å². The van der Waals surface area contributed by atoms with Gasteiger partial charge in [0.25, 0.3) is 5.91 Å². The highest BCUT2D eigenvalue weighted by Gasteiger charge is 2.35. The quantitative estimate of drug-likeness (QED) is 0.821. The van der Waals surface area contributed by atoms with Crippen molar-refractivity contribution >= 4 is 17.8 Å². The molecule has 0 spiro atoms. The molecule has 8 heteroatoms. The molecule has 1 aliphatic rings. The van der Waals surface area contributed by atoms with Gasteiger partial charge in [-0.15, -0.1) is 0 Å². The summed E-state index contributed by atoms with van der Waals surface area (Å²) in [6.07, 6.45) is 0. The van der Waals surface area contributed by atoms with Crippen LogP contribution in [0.25, 0.3) is 0 Å². The van der Waals surface area contributed by atoms with Crippen molar-refractivity contribution in [1.29, 1.82) is 0 Å². The second-order valence-corrected chi connectivity index (χ2v) is 6.90. The summed E-state index contributed by atoms with van der Waals surface area (Å²) in [4.78, 5) is 39.5. The third-order valence-electron chi connectivity index (χ3n) is 3.76. The molecule has 1 aromatic rings. The first kappa shape index (κ1) is 17.0. The molecule has 23 heavy (non-hydrogen) atoms. The van der Waals surface area contributed by atoms with Gasteiger partial charge in [-0.1, -0.05) is 20.8 Å². The first-order chi connectivity index (χ1) is 10.6. The van der Waals surface area contributed by atoms with Gasteiger partial charge in [0.05, 0.1) is 17.9 Å². The number of aromatic nitrogens is 2. The van der Waals surface area contributed by atoms with Crippen molar-refractivity contribution in [3.05, 3.63) is 17.5 Å². The fourth-order valence-corrected chi connectivity index (χ4v) is 2.25. The average Bonchev–Trinajstić information content (AvgIpc) is 2.99. The molecule has 0 bridgehead atoms. The van der Waals surface area contributed by atoms with Crippen LogP contribution in [0.2, 0.25) is 0 Å². The van der Waals surface area contributed by atoms with E-state index in [0.29, 0.717) is 6.54 Å². The van der Waals surface area contributed by atoms with Gasteiger partial charge in [-0.3, -0.25) is 19.6 Å². The molecular weight excluding hydrogens is 298 g/mol. The summed E-state index contributed by atoms with van der Waals surface area (Å²) in [6, 6.07) is 1.48. The average molecular weight is 321 g/mol. The van der Waals surface area contributed by atoms with E-state index in [1.54, 1.807) is 7.05 Å². The molecule has 0 unspecified atom stereocenters. The molecule has 1 saturated heterocycles. The predicted octanol–water partition coefficient (Wildman–Crippen LogP) is 0.560. The molecule has 2 heterocycles. The van der Waals surface area contributed by atoms with Crippen LogP contribution < -0.4 is 0 Å². The first-order valence-corrected chi connectivity index (χ1v) is 7.44. The van der Waals surface area contributed by atoms with Crippen molar-refractivity contribution in [1.82, 2.24) is 24.9 Å². The minimum Gasteiger partial charge on any atom is -0.338 e. The number of nitrogens with zero attached hydrogens (tertiary/aromatic N) is 4. The van der Waals surface area contributed by atoms with Crippen LogP contribution in [0.1, 0.15) is 32.2 Å². The van der Waals surface area contributed by atoms with E-state index < -0.39 is 6.03 Å². The molecule has 126 valence electrons. The van der Waals surface area contributed by atoms with E-state index in [1.165, 1.54) is 16.8 Å². The van der Waals surface area contributed by atoms with Gasteiger partial charge in [0.1, 0.15) is 13.1 Å². The van der Waals surface area contributed by atoms with E-state index >= 15 is 0 Å². The number of amides is 4. The molecule has 2 rings (SSSR count). The Labute approximate surface area is 135 Å². The highest BCUT2D eigenvalue weighted by atomic mass is 16.2. The zero-order valence-corrected chi connectivity index (χ0v) is 14.2. The molecule has 1 aliphatic heterocycles. The number of H-pyrrole nitrogens is 1. The number of nitrogens with one attached hydrogen (secondary N) is 1. The lowest BCUT2D eigenvalue weighted by Gasteiger charge is -2.20. The monoisotopic (exact) mass is 321 g/mol. The third-order valence-corrected chi connectivity index (χ3v) is 3.76. The van der Waals surface area contributed by atoms with Crippen LogP contribution in [0.3, 0.4) is 0 Å². The first-order valence-electron chi connectivity index (χ1n) is 7.44. The SMILES string of the molecule is CN(Cc1cc(C(C)(C)C)n[nH]1)C(=O)CN1C(=O)CN(C)C1=O. The highest BCUT2D eigenvalue weighted by molar-refractivity contribution is 6.04. The molecule has 0 aromatic carbocycles. The predicted molar refractivity (Wildman–Crippen MR) is 83.5 cm³/mol. The highest BCUT2D eigenvalue weighted by Crippen LogP contribution is 2.20. The van der Waals surface area contributed by atoms with Crippen LogP contribution in [0, 0.1) is 0 Å². The minimum atomic E-state index is -0.437. The van der Waals surface area contributed by atoms with E-state index in [9.17, 15) is 14.4 Å². The van der Waals surface area contributed by atoms with E-state index in [-0.39, 0.29) is 30.3 Å². The topological polar surface area (TPSA) is 89.6 Å². The van der Waals surface area contributed by atoms with Gasteiger partial charge >= 0.3 is 6.03 Å². The minimum absolute atomic E-state index is 0.0192. The normalized spacial score (nSPS) is 15.5. The number of likely N-dealkylation sites (N-methyl/N-ethyl adjacent to an activating group) is 2. The van der Waals surface area contributed by atoms with Gasteiger partial charge in [0, 0.05) is 19.5 Å². The lowest BCUT2D eigenvalue weighted by molar-refractivity contribution is -0.136. The van der Waals surface area contributed by atoms with Gasteiger partial charge in [0.2, 0.25) is 5.91 Å². The Morgan fingerprint density at radius 2 is 2.04 bits per heavy atom. The summed E-state index contributed by atoms with van der Waals surface area (Å²) in [6.45, 7) is 6.30. The Morgan fingerprint density at radius 3 is 2.52 bits per heavy atom. The molecule has 1 N–H and O–H groups in total. The molecule has 8 nitrogen and oxygen atoms in total. The summed E-state index contributed by atoms with van der Waals surface area (Å²) < 4.78 is 0. The van der Waals surface area contributed by atoms with E-state index in [0.717, 1.165) is 16.3 Å². The van der Waals surface area contributed by atoms with Gasteiger partial charge in [0.15, 0.2) is 0 Å². The number of imide groups is 1. The second-order valence-electron chi connectivity index (χ2n) is 6.90. The van der Waals surface area contributed by atoms with Crippen molar-refractivity contribution in [3.63, 3.8) is 0 Å². The van der Waals surface area contributed by atoms with Gasteiger partial charge < -0.3 is 9.80 Å². The summed E-state index contributed by atoms with van der Waals surface area (Å²) in [5.74, 6) is -0.648. The van der Waals surface area contributed by atoms with Crippen LogP contribution in [0.15, 0.2) is 6.07 Å². The summed E-state index contributed by atoms with van der Waals surface area (Å²) in [5, 5.41) is 7.17. The van der Waals surface area contributed by atoms with Crippen molar-refractivity contribution < 1.29 is 14.4 Å². The van der Waals surface area contributed by atoms with Crippen LogP contribution in [-0.2, 0) is 21.5 Å².